The molecule has 0 spiro atoms. The van der Waals surface area contributed by atoms with Crippen LogP contribution in [0.1, 0.15) is 18.9 Å². The average molecular weight is 496 g/mol. The number of esters is 1. The zero-order chi connectivity index (χ0) is 25.1. The van der Waals surface area contributed by atoms with Crippen molar-refractivity contribution < 1.29 is 38.1 Å². The number of benzene rings is 1. The number of ether oxygens (including phenoxy) is 5. The first kappa shape index (κ1) is 28.5. The van der Waals surface area contributed by atoms with Gasteiger partial charge in [0.1, 0.15) is 13.2 Å². The Bertz CT molecular complexity index is 750. The number of nitrogens with zero attached hydrogens (tertiary/aromatic N) is 1. The highest BCUT2D eigenvalue weighted by molar-refractivity contribution is 5.76. The average Bonchev–Trinajstić information content (AvgIpc) is 2.87. The van der Waals surface area contributed by atoms with Crippen molar-refractivity contribution in [2.24, 2.45) is 0 Å². The van der Waals surface area contributed by atoms with Crippen LogP contribution in [-0.4, -0.2) is 101 Å². The summed E-state index contributed by atoms with van der Waals surface area (Å²) in [7, 11) is 0. The van der Waals surface area contributed by atoms with Gasteiger partial charge in [-0.15, -0.1) is 0 Å². The van der Waals surface area contributed by atoms with E-state index in [0.29, 0.717) is 72.2 Å². The zero-order valence-corrected chi connectivity index (χ0v) is 20.4. The first-order chi connectivity index (χ1) is 17.0. The highest BCUT2D eigenvalue weighted by Gasteiger charge is 2.23. The fraction of sp³-hybridized carbons (Fsp3) is 0.625. The predicted octanol–water partition coefficient (Wildman–Crippen LogP) is 0.716. The normalized spacial score (nSPS) is 15.5. The van der Waals surface area contributed by atoms with Crippen LogP contribution in [-0.2, 0) is 39.9 Å². The molecule has 1 aliphatic rings. The standard InChI is InChI=1S/C24H37N3O8/c1-20(28)34-19-22-17-27(10-8-25-22)23(29)7-11-31-13-15-33-16-14-32-12-9-26-24(30)35-18-21-5-3-2-4-6-21/h2-6,22,25H,7-19H2,1H3,(H,26,30). The van der Waals surface area contributed by atoms with Crippen molar-refractivity contribution in [1.82, 2.24) is 15.5 Å². The predicted molar refractivity (Wildman–Crippen MR) is 127 cm³/mol. The molecule has 1 aliphatic heterocycles. The summed E-state index contributed by atoms with van der Waals surface area (Å²) in [5.74, 6) is -0.308. The van der Waals surface area contributed by atoms with Crippen molar-refractivity contribution in [2.75, 3.05) is 72.4 Å². The number of hydrogen-bond acceptors (Lipinski definition) is 9. The fourth-order valence-corrected chi connectivity index (χ4v) is 3.24. The number of carbonyl (C=O) groups excluding carboxylic acids is 3. The monoisotopic (exact) mass is 495 g/mol. The summed E-state index contributed by atoms with van der Waals surface area (Å²) in [5, 5.41) is 5.86. The van der Waals surface area contributed by atoms with Gasteiger partial charge < -0.3 is 39.2 Å². The molecule has 0 saturated carbocycles. The molecular formula is C24H37N3O8. The van der Waals surface area contributed by atoms with Gasteiger partial charge in [-0.3, -0.25) is 9.59 Å². The molecular weight excluding hydrogens is 458 g/mol. The molecule has 11 heteroatoms. The number of carbonyl (C=O) groups is 3. The minimum atomic E-state index is -0.483. The van der Waals surface area contributed by atoms with E-state index in [-0.39, 0.29) is 31.1 Å². The number of hydrogen-bond donors (Lipinski definition) is 2. The van der Waals surface area contributed by atoms with Gasteiger partial charge in [0.25, 0.3) is 0 Å². The topological polar surface area (TPSA) is 125 Å². The number of nitrogens with one attached hydrogen (secondary N) is 2. The quantitative estimate of drug-likeness (QED) is 0.252. The van der Waals surface area contributed by atoms with E-state index in [0.717, 1.165) is 5.56 Å². The maximum absolute atomic E-state index is 12.3. The Labute approximate surface area is 206 Å². The third kappa shape index (κ3) is 13.7. The highest BCUT2D eigenvalue weighted by Crippen LogP contribution is 2.03. The van der Waals surface area contributed by atoms with Gasteiger partial charge in [-0.25, -0.2) is 4.79 Å². The van der Waals surface area contributed by atoms with Crippen LogP contribution in [0.25, 0.3) is 0 Å². The molecule has 1 aromatic carbocycles. The highest BCUT2D eigenvalue weighted by atomic mass is 16.6. The largest absolute Gasteiger partial charge is 0.464 e. The van der Waals surface area contributed by atoms with E-state index in [1.54, 1.807) is 4.90 Å². The van der Waals surface area contributed by atoms with Crippen LogP contribution < -0.4 is 10.6 Å². The van der Waals surface area contributed by atoms with Gasteiger partial charge in [-0.1, -0.05) is 30.3 Å². The summed E-state index contributed by atoms with van der Waals surface area (Å²) in [4.78, 5) is 36.6. The Balaban J connectivity index is 1.35. The third-order valence-corrected chi connectivity index (χ3v) is 5.03. The lowest BCUT2D eigenvalue weighted by Crippen LogP contribution is -2.54. The smallest absolute Gasteiger partial charge is 0.407 e. The lowest BCUT2D eigenvalue weighted by atomic mass is 10.2. The molecule has 0 bridgehead atoms. The molecule has 0 aliphatic carbocycles. The summed E-state index contributed by atoms with van der Waals surface area (Å²) in [6.07, 6.45) is -0.187. The van der Waals surface area contributed by atoms with E-state index in [9.17, 15) is 14.4 Å². The summed E-state index contributed by atoms with van der Waals surface area (Å²) < 4.78 is 26.4. The second-order valence-electron chi connectivity index (χ2n) is 7.87. The summed E-state index contributed by atoms with van der Waals surface area (Å²) in [6, 6.07) is 9.42. The molecule has 196 valence electrons. The van der Waals surface area contributed by atoms with Crippen molar-refractivity contribution >= 4 is 18.0 Å². The minimum Gasteiger partial charge on any atom is -0.464 e. The van der Waals surface area contributed by atoms with Crippen LogP contribution in [0.5, 0.6) is 0 Å². The van der Waals surface area contributed by atoms with Gasteiger partial charge in [-0.05, 0) is 5.56 Å². The van der Waals surface area contributed by atoms with E-state index >= 15 is 0 Å². The van der Waals surface area contributed by atoms with Gasteiger partial charge in [-0.2, -0.15) is 0 Å². The molecule has 0 aromatic heterocycles. The lowest BCUT2D eigenvalue weighted by molar-refractivity contribution is -0.142. The maximum atomic E-state index is 12.3. The number of rotatable bonds is 16. The molecule has 2 rings (SSSR count). The molecule has 1 fully saturated rings. The Hall–Kier alpha value is -2.73. The molecule has 0 radical (unpaired) electrons. The summed E-state index contributed by atoms with van der Waals surface area (Å²) in [6.45, 7) is 6.29. The van der Waals surface area contributed by atoms with Crippen LogP contribution in [0, 0.1) is 0 Å². The second kappa shape index (κ2) is 17.7. The van der Waals surface area contributed by atoms with Crippen LogP contribution in [0.3, 0.4) is 0 Å². The van der Waals surface area contributed by atoms with Crippen LogP contribution in [0.15, 0.2) is 30.3 Å². The first-order valence-corrected chi connectivity index (χ1v) is 11.9. The molecule has 2 N–H and O–H groups in total. The number of amides is 2. The van der Waals surface area contributed by atoms with E-state index in [2.05, 4.69) is 10.6 Å². The van der Waals surface area contributed by atoms with E-state index in [1.807, 2.05) is 30.3 Å². The van der Waals surface area contributed by atoms with Gasteiger partial charge in [0.2, 0.25) is 5.91 Å². The Morgan fingerprint density at radius 3 is 2.37 bits per heavy atom. The van der Waals surface area contributed by atoms with Gasteiger partial charge in [0.05, 0.1) is 52.1 Å². The van der Waals surface area contributed by atoms with Gasteiger partial charge in [0.15, 0.2) is 0 Å². The fourth-order valence-electron chi connectivity index (χ4n) is 3.24. The van der Waals surface area contributed by atoms with Gasteiger partial charge in [0, 0.05) is 33.1 Å². The minimum absolute atomic E-state index is 0.0196. The van der Waals surface area contributed by atoms with E-state index < -0.39 is 6.09 Å². The van der Waals surface area contributed by atoms with Crippen LogP contribution in [0.2, 0.25) is 0 Å². The molecule has 1 saturated heterocycles. The molecule has 2 amide bonds. The molecule has 1 aromatic rings. The van der Waals surface area contributed by atoms with E-state index in [4.69, 9.17) is 23.7 Å². The van der Waals surface area contributed by atoms with Crippen LogP contribution >= 0.6 is 0 Å². The summed E-state index contributed by atoms with van der Waals surface area (Å²) in [5.41, 5.74) is 0.928. The van der Waals surface area contributed by atoms with Crippen molar-refractivity contribution in [3.8, 4) is 0 Å². The third-order valence-electron chi connectivity index (χ3n) is 5.03. The van der Waals surface area contributed by atoms with E-state index in [1.165, 1.54) is 6.92 Å². The van der Waals surface area contributed by atoms with Crippen molar-refractivity contribution in [3.63, 3.8) is 0 Å². The molecule has 11 nitrogen and oxygen atoms in total. The van der Waals surface area contributed by atoms with Crippen molar-refractivity contribution in [2.45, 2.75) is 26.0 Å². The molecule has 1 unspecified atom stereocenters. The molecule has 1 atom stereocenters. The van der Waals surface area contributed by atoms with Crippen molar-refractivity contribution in [1.29, 1.82) is 0 Å². The number of piperazine rings is 1. The maximum Gasteiger partial charge on any atom is 0.407 e. The lowest BCUT2D eigenvalue weighted by Gasteiger charge is -2.33. The first-order valence-electron chi connectivity index (χ1n) is 11.9. The van der Waals surface area contributed by atoms with Crippen LogP contribution in [0.4, 0.5) is 4.79 Å². The Morgan fingerprint density at radius 1 is 0.971 bits per heavy atom. The summed E-state index contributed by atoms with van der Waals surface area (Å²) >= 11 is 0. The van der Waals surface area contributed by atoms with Gasteiger partial charge >= 0.3 is 12.1 Å². The van der Waals surface area contributed by atoms with Crippen molar-refractivity contribution in [3.05, 3.63) is 35.9 Å². The number of alkyl carbamates (subject to hydrolysis) is 1. The SMILES string of the molecule is CC(=O)OCC1CN(C(=O)CCOCCOCCOCCNC(=O)OCc2ccccc2)CCN1. The molecule has 1 heterocycles. The Kier molecular flexibility index (Phi) is 14.4. The second-order valence-corrected chi connectivity index (χ2v) is 7.87. The zero-order valence-electron chi connectivity index (χ0n) is 20.4. The Morgan fingerprint density at radius 2 is 1.66 bits per heavy atom. The molecule has 35 heavy (non-hydrogen) atoms.